The highest BCUT2D eigenvalue weighted by molar-refractivity contribution is 6.36. The van der Waals surface area contributed by atoms with Gasteiger partial charge in [0.2, 0.25) is 5.78 Å². The molecule has 92 valence electrons. The van der Waals surface area contributed by atoms with Gasteiger partial charge in [-0.25, -0.2) is 4.79 Å². The summed E-state index contributed by atoms with van der Waals surface area (Å²) in [5, 5.41) is 11.1. The standard InChI is InChI=1S/C11H19NO4/c1-6(2)5-8(13)10(14)12-9(7(3)4)11(15)16/h6-7,9H,5H2,1-4H3,(H,12,14)(H,15,16)/t9-/m0/s1. The summed E-state index contributed by atoms with van der Waals surface area (Å²) in [7, 11) is 0. The van der Waals surface area contributed by atoms with Crippen LogP contribution in [0.15, 0.2) is 0 Å². The molecule has 0 aliphatic carbocycles. The highest BCUT2D eigenvalue weighted by Gasteiger charge is 2.26. The molecule has 0 aliphatic heterocycles. The number of rotatable bonds is 6. The lowest BCUT2D eigenvalue weighted by molar-refractivity contribution is -0.145. The number of hydrogen-bond acceptors (Lipinski definition) is 3. The zero-order valence-corrected chi connectivity index (χ0v) is 10.1. The molecular weight excluding hydrogens is 210 g/mol. The van der Waals surface area contributed by atoms with Crippen LogP contribution < -0.4 is 5.32 Å². The van der Waals surface area contributed by atoms with E-state index in [1.165, 1.54) is 0 Å². The lowest BCUT2D eigenvalue weighted by atomic mass is 10.0. The predicted molar refractivity (Wildman–Crippen MR) is 58.9 cm³/mol. The average Bonchev–Trinajstić information content (AvgIpc) is 2.11. The van der Waals surface area contributed by atoms with E-state index in [1.807, 2.05) is 13.8 Å². The number of carbonyl (C=O) groups is 3. The number of carboxylic acids is 1. The first-order valence-corrected chi connectivity index (χ1v) is 5.32. The van der Waals surface area contributed by atoms with Crippen molar-refractivity contribution in [3.63, 3.8) is 0 Å². The van der Waals surface area contributed by atoms with Gasteiger partial charge in [0.15, 0.2) is 0 Å². The van der Waals surface area contributed by atoms with Gasteiger partial charge in [-0.3, -0.25) is 9.59 Å². The molecule has 1 amide bonds. The van der Waals surface area contributed by atoms with Crippen molar-refractivity contribution in [2.45, 2.75) is 40.2 Å². The molecule has 1 atom stereocenters. The van der Waals surface area contributed by atoms with Crippen LogP contribution in [0.25, 0.3) is 0 Å². The van der Waals surface area contributed by atoms with Crippen molar-refractivity contribution in [3.8, 4) is 0 Å². The van der Waals surface area contributed by atoms with Gasteiger partial charge < -0.3 is 10.4 Å². The van der Waals surface area contributed by atoms with Crippen molar-refractivity contribution in [3.05, 3.63) is 0 Å². The van der Waals surface area contributed by atoms with Gasteiger partial charge in [-0.15, -0.1) is 0 Å². The van der Waals surface area contributed by atoms with Crippen molar-refractivity contribution < 1.29 is 19.5 Å². The van der Waals surface area contributed by atoms with Crippen LogP contribution in [-0.2, 0) is 14.4 Å². The number of aliphatic carboxylic acids is 1. The summed E-state index contributed by atoms with van der Waals surface area (Å²) in [4.78, 5) is 33.5. The van der Waals surface area contributed by atoms with Crippen molar-refractivity contribution in [2.24, 2.45) is 11.8 Å². The van der Waals surface area contributed by atoms with Crippen LogP contribution in [0.5, 0.6) is 0 Å². The summed E-state index contributed by atoms with van der Waals surface area (Å²) in [6.07, 6.45) is 0.135. The van der Waals surface area contributed by atoms with E-state index in [4.69, 9.17) is 5.11 Å². The Bertz CT molecular complexity index is 284. The van der Waals surface area contributed by atoms with Gasteiger partial charge in [-0.05, 0) is 11.8 Å². The zero-order valence-electron chi connectivity index (χ0n) is 10.1. The third-order valence-corrected chi connectivity index (χ3v) is 2.07. The van der Waals surface area contributed by atoms with Crippen LogP contribution in [0.3, 0.4) is 0 Å². The molecule has 0 heterocycles. The zero-order chi connectivity index (χ0) is 12.9. The van der Waals surface area contributed by atoms with Crippen LogP contribution in [0, 0.1) is 11.8 Å². The molecule has 0 unspecified atom stereocenters. The summed E-state index contributed by atoms with van der Waals surface area (Å²) in [6.45, 7) is 6.99. The summed E-state index contributed by atoms with van der Waals surface area (Å²) in [5.74, 6) is -2.67. The summed E-state index contributed by atoms with van der Waals surface area (Å²) < 4.78 is 0. The number of amides is 1. The molecule has 0 fully saturated rings. The lowest BCUT2D eigenvalue weighted by Gasteiger charge is -2.17. The van der Waals surface area contributed by atoms with E-state index in [0.717, 1.165) is 0 Å². The molecule has 5 heteroatoms. The van der Waals surface area contributed by atoms with E-state index in [-0.39, 0.29) is 18.3 Å². The second kappa shape index (κ2) is 6.25. The van der Waals surface area contributed by atoms with E-state index >= 15 is 0 Å². The molecule has 0 bridgehead atoms. The molecule has 0 aromatic rings. The van der Waals surface area contributed by atoms with Gasteiger partial charge in [0.05, 0.1) is 0 Å². The number of carboxylic acid groups (broad SMARTS) is 1. The highest BCUT2D eigenvalue weighted by Crippen LogP contribution is 2.04. The molecule has 2 N–H and O–H groups in total. The minimum Gasteiger partial charge on any atom is -0.480 e. The first-order chi connectivity index (χ1) is 7.25. The fraction of sp³-hybridized carbons (Fsp3) is 0.727. The quantitative estimate of drug-likeness (QED) is 0.661. The SMILES string of the molecule is CC(C)CC(=O)C(=O)N[C@H](C(=O)O)C(C)C. The molecule has 0 aromatic heterocycles. The third kappa shape index (κ3) is 4.91. The van der Waals surface area contributed by atoms with E-state index in [2.05, 4.69) is 5.32 Å². The number of hydrogen-bond donors (Lipinski definition) is 2. The Morgan fingerprint density at radius 3 is 1.94 bits per heavy atom. The average molecular weight is 229 g/mol. The first kappa shape index (κ1) is 14.6. The number of Topliss-reactive ketones (excluding diaryl/α,β-unsaturated/α-hetero) is 1. The molecule has 0 aromatic carbocycles. The maximum absolute atomic E-state index is 11.4. The van der Waals surface area contributed by atoms with E-state index in [9.17, 15) is 14.4 Å². The first-order valence-electron chi connectivity index (χ1n) is 5.32. The Hall–Kier alpha value is -1.39. The molecule has 5 nitrogen and oxygen atoms in total. The molecule has 0 saturated heterocycles. The third-order valence-electron chi connectivity index (χ3n) is 2.07. The second-order valence-electron chi connectivity index (χ2n) is 4.55. The minimum absolute atomic E-state index is 0.0839. The molecule has 0 rings (SSSR count). The van der Waals surface area contributed by atoms with E-state index < -0.39 is 23.7 Å². The normalized spacial score (nSPS) is 12.6. The Morgan fingerprint density at radius 1 is 1.12 bits per heavy atom. The van der Waals surface area contributed by atoms with Gasteiger partial charge in [-0.2, -0.15) is 0 Å². The smallest absolute Gasteiger partial charge is 0.326 e. The maximum atomic E-state index is 11.4. The van der Waals surface area contributed by atoms with Gasteiger partial charge in [0.1, 0.15) is 6.04 Å². The number of nitrogens with one attached hydrogen (secondary N) is 1. The second-order valence-corrected chi connectivity index (χ2v) is 4.55. The molecule has 16 heavy (non-hydrogen) atoms. The molecular formula is C11H19NO4. The van der Waals surface area contributed by atoms with Crippen molar-refractivity contribution >= 4 is 17.7 Å². The topological polar surface area (TPSA) is 83.5 Å². The lowest BCUT2D eigenvalue weighted by Crippen LogP contribution is -2.47. The maximum Gasteiger partial charge on any atom is 0.326 e. The summed E-state index contributed by atoms with van der Waals surface area (Å²) >= 11 is 0. The Labute approximate surface area is 95.2 Å². The fourth-order valence-electron chi connectivity index (χ4n) is 1.20. The van der Waals surface area contributed by atoms with Crippen molar-refractivity contribution in [2.75, 3.05) is 0 Å². The molecule has 0 aliphatic rings. The predicted octanol–water partition coefficient (Wildman–Crippen LogP) is 0.827. The van der Waals surface area contributed by atoms with Crippen LogP contribution in [0.1, 0.15) is 34.1 Å². The van der Waals surface area contributed by atoms with Crippen molar-refractivity contribution in [1.82, 2.24) is 5.32 Å². The minimum atomic E-state index is -1.12. The number of ketones is 1. The molecule has 0 spiro atoms. The number of carbonyl (C=O) groups excluding carboxylic acids is 2. The van der Waals surface area contributed by atoms with Crippen LogP contribution in [-0.4, -0.2) is 28.8 Å². The van der Waals surface area contributed by atoms with E-state index in [1.54, 1.807) is 13.8 Å². The van der Waals surface area contributed by atoms with Crippen LogP contribution in [0.2, 0.25) is 0 Å². The van der Waals surface area contributed by atoms with Gasteiger partial charge in [0, 0.05) is 6.42 Å². The van der Waals surface area contributed by atoms with Crippen molar-refractivity contribution in [1.29, 1.82) is 0 Å². The van der Waals surface area contributed by atoms with Crippen LogP contribution in [0.4, 0.5) is 0 Å². The monoisotopic (exact) mass is 229 g/mol. The largest absolute Gasteiger partial charge is 0.480 e. The van der Waals surface area contributed by atoms with Crippen LogP contribution >= 0.6 is 0 Å². The summed E-state index contributed by atoms with van der Waals surface area (Å²) in [6, 6.07) is -1.01. The summed E-state index contributed by atoms with van der Waals surface area (Å²) in [5.41, 5.74) is 0. The van der Waals surface area contributed by atoms with Gasteiger partial charge >= 0.3 is 5.97 Å². The Balaban J connectivity index is 4.41. The molecule has 0 radical (unpaired) electrons. The van der Waals surface area contributed by atoms with Gasteiger partial charge in [0.25, 0.3) is 5.91 Å². The Morgan fingerprint density at radius 2 is 1.62 bits per heavy atom. The highest BCUT2D eigenvalue weighted by atomic mass is 16.4. The molecule has 0 saturated carbocycles. The van der Waals surface area contributed by atoms with Gasteiger partial charge in [-0.1, -0.05) is 27.7 Å². The Kier molecular flexibility index (Phi) is 5.71. The van der Waals surface area contributed by atoms with E-state index in [0.29, 0.717) is 0 Å². The fourth-order valence-corrected chi connectivity index (χ4v) is 1.20.